The first kappa shape index (κ1) is 42.6. The number of carbonyl (C=O) groups is 1. The van der Waals surface area contributed by atoms with Crippen molar-refractivity contribution in [2.75, 3.05) is 91.5 Å². The largest absolute Gasteiger partial charge is 0.390 e. The monoisotopic (exact) mass is 832 g/mol. The Bertz CT molecular complexity index is 2250. The predicted molar refractivity (Wildman–Crippen MR) is 228 cm³/mol. The van der Waals surface area contributed by atoms with Gasteiger partial charge in [0.25, 0.3) is 5.91 Å². The van der Waals surface area contributed by atoms with E-state index in [1.165, 1.54) is 13.2 Å². The number of aliphatic hydroxyl groups is 1. The molecule has 0 saturated carbocycles. The van der Waals surface area contributed by atoms with Crippen LogP contribution in [0.4, 0.5) is 33.3 Å². The van der Waals surface area contributed by atoms with Crippen molar-refractivity contribution in [2.24, 2.45) is 5.92 Å². The number of benzene rings is 1. The number of nitrogens with one attached hydrogen (secondary N) is 2. The van der Waals surface area contributed by atoms with Gasteiger partial charge in [-0.15, -0.1) is 0 Å². The molecule has 7 rings (SSSR count). The lowest BCUT2D eigenvalue weighted by atomic mass is 9.88. The number of aliphatic hydroxyl groups excluding tert-OH is 1. The van der Waals surface area contributed by atoms with Crippen LogP contribution >= 0.6 is 0 Å². The number of aromatic nitrogens is 3. The van der Waals surface area contributed by atoms with Gasteiger partial charge in [-0.25, -0.2) is 22.8 Å². The number of sulfone groups is 1. The lowest BCUT2D eigenvalue weighted by Crippen LogP contribution is -2.59. The van der Waals surface area contributed by atoms with E-state index in [0.717, 1.165) is 61.4 Å². The fraction of sp³-hybridized carbons (Fsp3) is 0.595. The summed E-state index contributed by atoms with van der Waals surface area (Å²) in [6, 6.07) is 8.05. The van der Waals surface area contributed by atoms with E-state index in [0.29, 0.717) is 42.4 Å². The van der Waals surface area contributed by atoms with Gasteiger partial charge >= 0.3 is 0 Å². The molecular formula is C42H57FN10O5S. The Hall–Kier alpha value is -4.47. The Labute approximate surface area is 346 Å². The molecule has 0 unspecified atom stereocenters. The highest BCUT2D eigenvalue weighted by Crippen LogP contribution is 2.44. The number of nitrogens with zero attached hydrogens (tertiary/aromatic N) is 8. The minimum Gasteiger partial charge on any atom is -0.390 e. The quantitative estimate of drug-likeness (QED) is 0.174. The normalized spacial score (nSPS) is 25.1. The molecule has 15 nitrogen and oxygen atoms in total. The third-order valence-electron chi connectivity index (χ3n) is 12.5. The first-order valence-corrected chi connectivity index (χ1v) is 22.5. The van der Waals surface area contributed by atoms with Gasteiger partial charge in [0.1, 0.15) is 33.1 Å². The number of alkyl halides is 1. The molecule has 6 heterocycles. The number of rotatable bonds is 12. The first-order valence-electron chi connectivity index (χ1n) is 20.5. The molecular weight excluding hydrogens is 776 g/mol. The van der Waals surface area contributed by atoms with Gasteiger partial charge in [0.05, 0.1) is 37.7 Å². The number of piperazine rings is 1. The van der Waals surface area contributed by atoms with E-state index in [1.54, 1.807) is 29.4 Å². The zero-order valence-corrected chi connectivity index (χ0v) is 35.9. The smallest absolute Gasteiger partial charge is 0.266 e. The van der Waals surface area contributed by atoms with E-state index < -0.39 is 33.1 Å². The summed E-state index contributed by atoms with van der Waals surface area (Å²) in [7, 11) is -3.20. The van der Waals surface area contributed by atoms with Crippen LogP contribution in [0.2, 0.25) is 0 Å². The second-order valence-corrected chi connectivity index (χ2v) is 19.9. The van der Waals surface area contributed by atoms with Gasteiger partial charge in [0.15, 0.2) is 5.67 Å². The Kier molecular flexibility index (Phi) is 11.9. The molecule has 17 heteroatoms. The number of halogens is 1. The highest BCUT2D eigenvalue weighted by molar-refractivity contribution is 7.90. The standard InChI is InChI=1S/C42H57FN10O5S/c1-26(2)38-31-16-37(48-36-8-10-45-40(49-36)51-11-9-35(54)42(6,43)25-51)46-20-32(31)34(53-21-29(27(53)3)24-59(7,56)57)17-33(38)47-39(55)28(19-44)18-41(4,5)52-14-12-50(13-15-52)30-22-58-23-30/h8,10,16-18,20,26-27,29-30,35,54H,9,11-15,21-25H2,1-7H3,(H,47,55)(H,45,46,48,49)/b28-18+/t27-,29-,35-,42+/m1/s1. The molecule has 4 saturated heterocycles. The molecule has 3 N–H and O–H groups in total. The van der Waals surface area contributed by atoms with Crippen molar-refractivity contribution >= 4 is 55.5 Å². The molecule has 4 aliphatic rings. The molecule has 4 aliphatic heterocycles. The second-order valence-electron chi connectivity index (χ2n) is 17.7. The number of anilines is 5. The maximum Gasteiger partial charge on any atom is 0.266 e. The van der Waals surface area contributed by atoms with Crippen molar-refractivity contribution in [1.82, 2.24) is 24.8 Å². The number of amides is 1. The zero-order valence-electron chi connectivity index (χ0n) is 35.1. The van der Waals surface area contributed by atoms with Gasteiger partial charge in [-0.2, -0.15) is 10.2 Å². The number of ether oxygens (including phenoxy) is 1. The first-order chi connectivity index (χ1) is 27.8. The Morgan fingerprint density at radius 2 is 1.88 bits per heavy atom. The van der Waals surface area contributed by atoms with E-state index in [2.05, 4.69) is 41.4 Å². The molecule has 1 aromatic carbocycles. The third kappa shape index (κ3) is 9.17. The van der Waals surface area contributed by atoms with Crippen molar-refractivity contribution in [3.05, 3.63) is 47.8 Å². The summed E-state index contributed by atoms with van der Waals surface area (Å²) in [4.78, 5) is 36.6. The highest BCUT2D eigenvalue weighted by atomic mass is 32.2. The van der Waals surface area contributed by atoms with Crippen LogP contribution in [0.1, 0.15) is 59.4 Å². The van der Waals surface area contributed by atoms with Crippen molar-refractivity contribution in [2.45, 2.75) is 83.3 Å². The molecule has 59 heavy (non-hydrogen) atoms. The van der Waals surface area contributed by atoms with Crippen LogP contribution in [0, 0.1) is 17.2 Å². The molecule has 1 amide bonds. The number of hydrogen-bond donors (Lipinski definition) is 3. The van der Waals surface area contributed by atoms with Crippen molar-refractivity contribution in [3.63, 3.8) is 0 Å². The second kappa shape index (κ2) is 16.5. The molecule has 0 aliphatic carbocycles. The van der Waals surface area contributed by atoms with Gasteiger partial charge < -0.3 is 30.3 Å². The third-order valence-corrected chi connectivity index (χ3v) is 13.5. The molecule has 4 atom stereocenters. The fourth-order valence-corrected chi connectivity index (χ4v) is 9.99. The minimum atomic E-state index is -3.20. The number of piperidine rings is 1. The Morgan fingerprint density at radius 3 is 2.49 bits per heavy atom. The maximum absolute atomic E-state index is 15.1. The average molecular weight is 833 g/mol. The van der Waals surface area contributed by atoms with E-state index in [4.69, 9.17) is 9.72 Å². The van der Waals surface area contributed by atoms with Crippen molar-refractivity contribution in [1.29, 1.82) is 5.26 Å². The molecule has 4 fully saturated rings. The van der Waals surface area contributed by atoms with E-state index in [9.17, 15) is 23.6 Å². The minimum absolute atomic E-state index is 0.0136. The summed E-state index contributed by atoms with van der Waals surface area (Å²) in [5.41, 5.74) is -0.171. The Morgan fingerprint density at radius 1 is 1.15 bits per heavy atom. The number of pyridine rings is 1. The van der Waals surface area contributed by atoms with Gasteiger partial charge in [-0.3, -0.25) is 14.6 Å². The van der Waals surface area contributed by atoms with Gasteiger partial charge in [-0.05, 0) is 75.3 Å². The van der Waals surface area contributed by atoms with Crippen molar-refractivity contribution < 1.29 is 27.4 Å². The van der Waals surface area contributed by atoms with E-state index in [-0.39, 0.29) is 42.2 Å². The van der Waals surface area contributed by atoms with Crippen LogP contribution in [0.15, 0.2) is 42.2 Å². The van der Waals surface area contributed by atoms with Gasteiger partial charge in [0, 0.05) is 92.2 Å². The predicted octanol–water partition coefficient (Wildman–Crippen LogP) is 4.24. The van der Waals surface area contributed by atoms with Crippen LogP contribution in [0.3, 0.4) is 0 Å². The summed E-state index contributed by atoms with van der Waals surface area (Å²) in [6.45, 7) is 17.3. The SMILES string of the molecule is CC(C)c1c(NC(=O)/C(C#N)=C/C(C)(C)N2CCN(C3COC3)CC2)cc(N2C[C@H](CS(C)(=O)=O)[C@H]2C)c2cnc(Nc3ccnc(N4CC[C@@H](O)[C@@](C)(F)C4)n3)cc12. The molecule has 318 valence electrons. The molecule has 2 aromatic heterocycles. The number of nitriles is 1. The number of hydrogen-bond acceptors (Lipinski definition) is 14. The van der Waals surface area contributed by atoms with Crippen LogP contribution in [0.25, 0.3) is 10.8 Å². The van der Waals surface area contributed by atoms with E-state index >= 15 is 4.39 Å². The van der Waals surface area contributed by atoms with Gasteiger partial charge in [0.2, 0.25) is 5.95 Å². The maximum atomic E-state index is 15.1. The van der Waals surface area contributed by atoms with Crippen LogP contribution < -0.4 is 20.4 Å². The summed E-state index contributed by atoms with van der Waals surface area (Å²) in [5.74, 6) is 0.645. The fourth-order valence-electron chi connectivity index (χ4n) is 8.83. The number of fused-ring (bicyclic) bond motifs is 1. The lowest BCUT2D eigenvalue weighted by Gasteiger charge is -2.48. The summed E-state index contributed by atoms with van der Waals surface area (Å²) in [6.07, 6.45) is 5.56. The van der Waals surface area contributed by atoms with Crippen molar-refractivity contribution in [3.8, 4) is 6.07 Å². The summed E-state index contributed by atoms with van der Waals surface area (Å²) in [5, 5.41) is 28.5. The topological polar surface area (TPSA) is 180 Å². The molecule has 0 bridgehead atoms. The number of carbonyl (C=O) groups excluding carboxylic acids is 1. The molecule has 0 spiro atoms. The Balaban J connectivity index is 1.21. The summed E-state index contributed by atoms with van der Waals surface area (Å²) >= 11 is 0. The van der Waals surface area contributed by atoms with Crippen LogP contribution in [0.5, 0.6) is 0 Å². The van der Waals surface area contributed by atoms with Crippen LogP contribution in [-0.4, -0.2) is 145 Å². The van der Waals surface area contributed by atoms with E-state index in [1.807, 2.05) is 46.8 Å². The zero-order chi connectivity index (χ0) is 42.4. The molecule has 0 radical (unpaired) electrons. The molecule has 3 aromatic rings. The lowest BCUT2D eigenvalue weighted by molar-refractivity contribution is -0.112. The van der Waals surface area contributed by atoms with Crippen LogP contribution in [-0.2, 0) is 19.4 Å². The van der Waals surface area contributed by atoms with Gasteiger partial charge in [-0.1, -0.05) is 13.8 Å². The summed E-state index contributed by atoms with van der Waals surface area (Å²) < 4.78 is 45.0. The highest BCUT2D eigenvalue weighted by Gasteiger charge is 2.41. The average Bonchev–Trinajstić information content (AvgIpc) is 3.15.